The van der Waals surface area contributed by atoms with Gasteiger partial charge in [0.15, 0.2) is 0 Å². The van der Waals surface area contributed by atoms with Crippen LogP contribution in [-0.4, -0.2) is 30.3 Å². The first-order chi connectivity index (χ1) is 7.08. The second-order valence-electron chi connectivity index (χ2n) is 6.64. The zero-order chi connectivity index (χ0) is 12.6. The minimum Gasteiger partial charge on any atom is -0.377 e. The number of hydrogen-bond donors (Lipinski definition) is 2. The zero-order valence-electron chi connectivity index (χ0n) is 11.7. The van der Waals surface area contributed by atoms with E-state index < -0.39 is 0 Å². The fourth-order valence-corrected chi connectivity index (χ4v) is 1.72. The standard InChI is InChI=1S/C13H28N2O/c1-10-13(6,7-8-16-10)15-9-11(2,3)12(4,5)14/h10,15H,7-9,14H2,1-6H3. The van der Waals surface area contributed by atoms with E-state index in [9.17, 15) is 0 Å². The maximum absolute atomic E-state index is 6.20. The van der Waals surface area contributed by atoms with Gasteiger partial charge in [-0.05, 0) is 39.5 Å². The fraction of sp³-hybridized carbons (Fsp3) is 1.00. The third kappa shape index (κ3) is 2.76. The van der Waals surface area contributed by atoms with Crippen molar-refractivity contribution in [3.05, 3.63) is 0 Å². The van der Waals surface area contributed by atoms with E-state index in [0.29, 0.717) is 0 Å². The lowest BCUT2D eigenvalue weighted by Gasteiger charge is -2.42. The summed E-state index contributed by atoms with van der Waals surface area (Å²) in [6, 6.07) is 0. The van der Waals surface area contributed by atoms with E-state index in [4.69, 9.17) is 10.5 Å². The van der Waals surface area contributed by atoms with Crippen LogP contribution in [0.5, 0.6) is 0 Å². The zero-order valence-corrected chi connectivity index (χ0v) is 11.7. The van der Waals surface area contributed by atoms with Gasteiger partial charge in [-0.25, -0.2) is 0 Å². The monoisotopic (exact) mass is 228 g/mol. The van der Waals surface area contributed by atoms with Crippen molar-refractivity contribution in [2.45, 2.75) is 65.1 Å². The Kier molecular flexibility index (Phi) is 3.73. The van der Waals surface area contributed by atoms with Gasteiger partial charge in [0.1, 0.15) is 0 Å². The normalized spacial score (nSPS) is 32.1. The lowest BCUT2D eigenvalue weighted by Crippen LogP contribution is -2.57. The molecule has 1 saturated heterocycles. The Bertz CT molecular complexity index is 240. The number of hydrogen-bond acceptors (Lipinski definition) is 3. The van der Waals surface area contributed by atoms with Crippen LogP contribution in [-0.2, 0) is 4.74 Å². The van der Waals surface area contributed by atoms with Crippen LogP contribution in [0.2, 0.25) is 0 Å². The van der Waals surface area contributed by atoms with E-state index >= 15 is 0 Å². The van der Waals surface area contributed by atoms with Crippen molar-refractivity contribution >= 4 is 0 Å². The van der Waals surface area contributed by atoms with Gasteiger partial charge in [-0.3, -0.25) is 0 Å². The molecule has 3 nitrogen and oxygen atoms in total. The average molecular weight is 228 g/mol. The summed E-state index contributed by atoms with van der Waals surface area (Å²) in [6.07, 6.45) is 1.36. The van der Waals surface area contributed by atoms with Crippen molar-refractivity contribution in [1.82, 2.24) is 5.32 Å². The molecule has 2 unspecified atom stereocenters. The highest BCUT2D eigenvalue weighted by atomic mass is 16.5. The SMILES string of the molecule is CC1OCCC1(C)NCC(C)(C)C(C)(C)N. The Labute approximate surface area is 100 Å². The molecule has 0 aliphatic carbocycles. The molecule has 1 aliphatic heterocycles. The second kappa shape index (κ2) is 4.28. The largest absolute Gasteiger partial charge is 0.377 e. The number of nitrogens with one attached hydrogen (secondary N) is 1. The molecule has 1 rings (SSSR count). The summed E-state index contributed by atoms with van der Waals surface area (Å²) in [4.78, 5) is 0. The first-order valence-electron chi connectivity index (χ1n) is 6.24. The van der Waals surface area contributed by atoms with Gasteiger partial charge in [-0.1, -0.05) is 13.8 Å². The Morgan fingerprint density at radius 2 is 1.94 bits per heavy atom. The Hall–Kier alpha value is -0.120. The van der Waals surface area contributed by atoms with Gasteiger partial charge in [0.05, 0.1) is 6.10 Å². The van der Waals surface area contributed by atoms with E-state index in [2.05, 4.69) is 46.9 Å². The Morgan fingerprint density at radius 1 is 1.38 bits per heavy atom. The van der Waals surface area contributed by atoms with Crippen molar-refractivity contribution in [2.24, 2.45) is 11.1 Å². The summed E-state index contributed by atoms with van der Waals surface area (Å²) in [7, 11) is 0. The van der Waals surface area contributed by atoms with Crippen molar-refractivity contribution in [3.8, 4) is 0 Å². The van der Waals surface area contributed by atoms with Crippen LogP contribution in [0, 0.1) is 5.41 Å². The lowest BCUT2D eigenvalue weighted by atomic mass is 9.74. The lowest BCUT2D eigenvalue weighted by molar-refractivity contribution is 0.0791. The van der Waals surface area contributed by atoms with E-state index in [1.54, 1.807) is 0 Å². The van der Waals surface area contributed by atoms with Crippen LogP contribution >= 0.6 is 0 Å². The fourth-order valence-electron chi connectivity index (χ4n) is 1.72. The molecule has 0 aromatic carbocycles. The van der Waals surface area contributed by atoms with Gasteiger partial charge in [0, 0.05) is 24.2 Å². The molecule has 2 atom stereocenters. The molecule has 0 radical (unpaired) electrons. The highest BCUT2D eigenvalue weighted by Gasteiger charge is 2.40. The smallest absolute Gasteiger partial charge is 0.0726 e. The second-order valence-corrected chi connectivity index (χ2v) is 6.64. The van der Waals surface area contributed by atoms with E-state index in [1.807, 2.05) is 0 Å². The van der Waals surface area contributed by atoms with Crippen LogP contribution in [0.25, 0.3) is 0 Å². The quantitative estimate of drug-likeness (QED) is 0.772. The molecule has 0 bridgehead atoms. The van der Waals surface area contributed by atoms with Crippen molar-refractivity contribution in [2.75, 3.05) is 13.2 Å². The van der Waals surface area contributed by atoms with Gasteiger partial charge in [-0.2, -0.15) is 0 Å². The molecular formula is C13H28N2O. The third-order valence-corrected chi connectivity index (χ3v) is 4.56. The number of ether oxygens (including phenoxy) is 1. The van der Waals surface area contributed by atoms with Crippen molar-refractivity contribution in [3.63, 3.8) is 0 Å². The number of nitrogens with two attached hydrogens (primary N) is 1. The maximum Gasteiger partial charge on any atom is 0.0726 e. The highest BCUT2D eigenvalue weighted by molar-refractivity contribution is 4.98. The summed E-state index contributed by atoms with van der Waals surface area (Å²) in [5.74, 6) is 0. The summed E-state index contributed by atoms with van der Waals surface area (Å²) in [5.41, 5.74) is 6.19. The summed E-state index contributed by atoms with van der Waals surface area (Å²) >= 11 is 0. The molecule has 0 aromatic rings. The molecule has 0 saturated carbocycles. The average Bonchev–Trinajstić information content (AvgIpc) is 2.43. The van der Waals surface area contributed by atoms with Gasteiger partial charge in [0.25, 0.3) is 0 Å². The molecule has 3 heteroatoms. The molecule has 1 fully saturated rings. The summed E-state index contributed by atoms with van der Waals surface area (Å²) in [6.45, 7) is 14.8. The van der Waals surface area contributed by atoms with Crippen molar-refractivity contribution < 1.29 is 4.74 Å². The highest BCUT2D eigenvalue weighted by Crippen LogP contribution is 2.30. The molecule has 0 spiro atoms. The number of rotatable bonds is 4. The van der Waals surface area contributed by atoms with Crippen LogP contribution in [0.15, 0.2) is 0 Å². The minimum absolute atomic E-state index is 0.0678. The summed E-state index contributed by atoms with van der Waals surface area (Å²) < 4.78 is 5.63. The van der Waals surface area contributed by atoms with E-state index in [1.165, 1.54) is 0 Å². The minimum atomic E-state index is -0.181. The van der Waals surface area contributed by atoms with Crippen LogP contribution in [0.4, 0.5) is 0 Å². The molecule has 96 valence electrons. The van der Waals surface area contributed by atoms with Crippen molar-refractivity contribution in [1.29, 1.82) is 0 Å². The molecule has 0 amide bonds. The predicted molar refractivity (Wildman–Crippen MR) is 68.5 cm³/mol. The molecule has 0 aromatic heterocycles. The first kappa shape index (κ1) is 13.9. The first-order valence-corrected chi connectivity index (χ1v) is 6.24. The third-order valence-electron chi connectivity index (χ3n) is 4.56. The summed E-state index contributed by atoms with van der Waals surface area (Å²) in [5, 5.41) is 3.65. The van der Waals surface area contributed by atoms with Crippen LogP contribution in [0.3, 0.4) is 0 Å². The molecule has 3 N–H and O–H groups in total. The van der Waals surface area contributed by atoms with E-state index in [-0.39, 0.29) is 22.6 Å². The predicted octanol–water partition coefficient (Wildman–Crippen LogP) is 1.91. The molecule has 1 heterocycles. The maximum atomic E-state index is 6.20. The van der Waals surface area contributed by atoms with Gasteiger partial charge in [-0.15, -0.1) is 0 Å². The van der Waals surface area contributed by atoms with Gasteiger partial charge >= 0.3 is 0 Å². The van der Waals surface area contributed by atoms with Crippen LogP contribution < -0.4 is 11.1 Å². The topological polar surface area (TPSA) is 47.3 Å². The van der Waals surface area contributed by atoms with E-state index in [0.717, 1.165) is 19.6 Å². The molecule has 16 heavy (non-hydrogen) atoms. The molecular weight excluding hydrogens is 200 g/mol. The van der Waals surface area contributed by atoms with Gasteiger partial charge in [0.2, 0.25) is 0 Å². The Morgan fingerprint density at radius 3 is 2.31 bits per heavy atom. The van der Waals surface area contributed by atoms with Gasteiger partial charge < -0.3 is 15.8 Å². The van der Waals surface area contributed by atoms with Crippen LogP contribution in [0.1, 0.15) is 48.0 Å². The Balaban J connectivity index is 2.57. The molecule has 1 aliphatic rings.